The molecular formula is C28H30N4O3. The van der Waals surface area contributed by atoms with Gasteiger partial charge in [-0.3, -0.25) is 4.79 Å². The number of carbonyl (C=O) groups is 1. The molecular weight excluding hydrogens is 440 g/mol. The van der Waals surface area contributed by atoms with Crippen molar-refractivity contribution in [2.75, 3.05) is 44.9 Å². The fraction of sp³-hybridized carbons (Fsp3) is 0.321. The maximum absolute atomic E-state index is 13.0. The number of carbonyl (C=O) groups excluding carboxylic acids is 1. The van der Waals surface area contributed by atoms with Crippen LogP contribution >= 0.6 is 0 Å². The van der Waals surface area contributed by atoms with E-state index in [1.807, 2.05) is 59.5 Å². The normalized spacial score (nSPS) is 15.8. The van der Waals surface area contributed by atoms with Crippen molar-refractivity contribution >= 4 is 17.8 Å². The van der Waals surface area contributed by atoms with E-state index >= 15 is 0 Å². The lowest BCUT2D eigenvalue weighted by molar-refractivity contribution is -0.126. The molecule has 35 heavy (non-hydrogen) atoms. The zero-order valence-electron chi connectivity index (χ0n) is 20.0. The van der Waals surface area contributed by atoms with Crippen molar-refractivity contribution in [1.82, 2.24) is 14.9 Å². The number of morpholine rings is 1. The standard InChI is InChI=1S/C28H30N4O3/c1-34-25-10-6-5-9-22(25)19-26-29-24-13-14-32(27(33)12-11-21-7-3-2-4-8-21)20-23(24)28(30-26)31-15-17-35-18-16-31/h2-12H,13-20H2,1H3/b12-11+. The number of aromatic nitrogens is 2. The molecule has 0 bridgehead atoms. The Kier molecular flexibility index (Phi) is 7.04. The number of nitrogens with zero attached hydrogens (tertiary/aromatic N) is 4. The van der Waals surface area contributed by atoms with Crippen LogP contribution in [0.1, 0.15) is 28.2 Å². The van der Waals surface area contributed by atoms with Gasteiger partial charge in [-0.05, 0) is 17.7 Å². The first-order valence-corrected chi connectivity index (χ1v) is 12.1. The summed E-state index contributed by atoms with van der Waals surface area (Å²) in [6.45, 7) is 4.04. The Labute approximate surface area is 206 Å². The van der Waals surface area contributed by atoms with Crippen molar-refractivity contribution in [3.8, 4) is 5.75 Å². The number of amides is 1. The number of para-hydroxylation sites is 1. The molecule has 180 valence electrons. The Morgan fingerprint density at radius 2 is 1.80 bits per heavy atom. The first-order valence-electron chi connectivity index (χ1n) is 12.1. The lowest BCUT2D eigenvalue weighted by atomic mass is 10.0. The Balaban J connectivity index is 1.42. The zero-order chi connectivity index (χ0) is 24.0. The average molecular weight is 471 g/mol. The van der Waals surface area contributed by atoms with Crippen LogP contribution in [-0.4, -0.2) is 60.7 Å². The summed E-state index contributed by atoms with van der Waals surface area (Å²) < 4.78 is 11.1. The third kappa shape index (κ3) is 5.35. The van der Waals surface area contributed by atoms with E-state index in [9.17, 15) is 4.79 Å². The van der Waals surface area contributed by atoms with Gasteiger partial charge in [0, 0.05) is 49.7 Å². The van der Waals surface area contributed by atoms with E-state index in [4.69, 9.17) is 19.4 Å². The molecule has 2 aliphatic rings. The Morgan fingerprint density at radius 1 is 1.03 bits per heavy atom. The van der Waals surface area contributed by atoms with Gasteiger partial charge in [-0.2, -0.15) is 0 Å². The quantitative estimate of drug-likeness (QED) is 0.514. The third-order valence-electron chi connectivity index (χ3n) is 6.47. The first-order chi connectivity index (χ1) is 17.2. The van der Waals surface area contributed by atoms with Crippen molar-refractivity contribution in [2.24, 2.45) is 0 Å². The van der Waals surface area contributed by atoms with Gasteiger partial charge in [-0.15, -0.1) is 0 Å². The fourth-order valence-corrected chi connectivity index (χ4v) is 4.61. The molecule has 0 unspecified atom stereocenters. The van der Waals surface area contributed by atoms with E-state index in [0.29, 0.717) is 39.1 Å². The monoisotopic (exact) mass is 470 g/mol. The van der Waals surface area contributed by atoms with Crippen molar-refractivity contribution in [2.45, 2.75) is 19.4 Å². The third-order valence-corrected chi connectivity index (χ3v) is 6.47. The molecule has 3 heterocycles. The molecule has 1 fully saturated rings. The lowest BCUT2D eigenvalue weighted by Crippen LogP contribution is -2.41. The second-order valence-electron chi connectivity index (χ2n) is 8.73. The summed E-state index contributed by atoms with van der Waals surface area (Å²) in [6, 6.07) is 17.9. The van der Waals surface area contributed by atoms with Gasteiger partial charge in [0.25, 0.3) is 0 Å². The lowest BCUT2D eigenvalue weighted by Gasteiger charge is -2.34. The molecule has 0 N–H and O–H groups in total. The van der Waals surface area contributed by atoms with Gasteiger partial charge in [0.15, 0.2) is 0 Å². The van der Waals surface area contributed by atoms with Gasteiger partial charge in [0.2, 0.25) is 5.91 Å². The van der Waals surface area contributed by atoms with Gasteiger partial charge in [-0.1, -0.05) is 48.5 Å². The van der Waals surface area contributed by atoms with Gasteiger partial charge in [-0.25, -0.2) is 9.97 Å². The topological polar surface area (TPSA) is 67.8 Å². The molecule has 1 amide bonds. The van der Waals surface area contributed by atoms with Gasteiger partial charge < -0.3 is 19.3 Å². The maximum Gasteiger partial charge on any atom is 0.246 e. The Bertz CT molecular complexity index is 1210. The summed E-state index contributed by atoms with van der Waals surface area (Å²) in [4.78, 5) is 27.1. The van der Waals surface area contributed by atoms with Crippen LogP contribution in [-0.2, 0) is 28.9 Å². The molecule has 0 aliphatic carbocycles. The first kappa shape index (κ1) is 23.1. The smallest absolute Gasteiger partial charge is 0.246 e. The van der Waals surface area contributed by atoms with Crippen LogP contribution in [0, 0.1) is 0 Å². The van der Waals surface area contributed by atoms with E-state index in [-0.39, 0.29) is 5.91 Å². The molecule has 0 radical (unpaired) electrons. The molecule has 3 aromatic rings. The Hall–Kier alpha value is -3.71. The highest BCUT2D eigenvalue weighted by molar-refractivity contribution is 5.92. The fourth-order valence-electron chi connectivity index (χ4n) is 4.61. The SMILES string of the molecule is COc1ccccc1Cc1nc2c(c(N3CCOCC3)n1)CN(C(=O)/C=C/c1ccccc1)CC2. The van der Waals surface area contributed by atoms with Gasteiger partial charge >= 0.3 is 0 Å². The average Bonchev–Trinajstić information content (AvgIpc) is 2.92. The van der Waals surface area contributed by atoms with Crippen LogP contribution in [0.3, 0.4) is 0 Å². The summed E-state index contributed by atoms with van der Waals surface area (Å²) in [6.07, 6.45) is 4.83. The van der Waals surface area contributed by atoms with Crippen LogP contribution < -0.4 is 9.64 Å². The molecule has 0 spiro atoms. The highest BCUT2D eigenvalue weighted by atomic mass is 16.5. The largest absolute Gasteiger partial charge is 0.496 e. The molecule has 1 saturated heterocycles. The number of methoxy groups -OCH3 is 1. The molecule has 2 aliphatic heterocycles. The number of ether oxygens (including phenoxy) is 2. The summed E-state index contributed by atoms with van der Waals surface area (Å²) >= 11 is 0. The summed E-state index contributed by atoms with van der Waals surface area (Å²) in [5.41, 5.74) is 4.14. The number of rotatable bonds is 6. The molecule has 5 rings (SSSR count). The minimum absolute atomic E-state index is 0.00512. The number of benzene rings is 2. The summed E-state index contributed by atoms with van der Waals surface area (Å²) in [5.74, 6) is 2.54. The Morgan fingerprint density at radius 3 is 2.60 bits per heavy atom. The van der Waals surface area contributed by atoms with E-state index in [0.717, 1.165) is 52.9 Å². The molecule has 1 aromatic heterocycles. The molecule has 0 saturated carbocycles. The predicted molar refractivity (Wildman–Crippen MR) is 135 cm³/mol. The van der Waals surface area contributed by atoms with Gasteiger partial charge in [0.05, 0.1) is 32.6 Å². The highest BCUT2D eigenvalue weighted by Gasteiger charge is 2.28. The maximum atomic E-state index is 13.0. The number of hydrogen-bond donors (Lipinski definition) is 0. The minimum atomic E-state index is 0.00512. The number of anilines is 1. The van der Waals surface area contributed by atoms with E-state index < -0.39 is 0 Å². The molecule has 2 aromatic carbocycles. The predicted octanol–water partition coefficient (Wildman–Crippen LogP) is 3.51. The van der Waals surface area contributed by atoms with Crippen molar-refractivity contribution < 1.29 is 14.3 Å². The van der Waals surface area contributed by atoms with E-state index in [1.54, 1.807) is 13.2 Å². The zero-order valence-corrected chi connectivity index (χ0v) is 20.0. The van der Waals surface area contributed by atoms with Crippen LogP contribution in [0.5, 0.6) is 5.75 Å². The summed E-state index contributed by atoms with van der Waals surface area (Å²) in [7, 11) is 1.68. The molecule has 7 nitrogen and oxygen atoms in total. The van der Waals surface area contributed by atoms with Gasteiger partial charge in [0.1, 0.15) is 17.4 Å². The second-order valence-corrected chi connectivity index (χ2v) is 8.73. The van der Waals surface area contributed by atoms with Crippen LogP contribution in [0.25, 0.3) is 6.08 Å². The van der Waals surface area contributed by atoms with Crippen LogP contribution in [0.15, 0.2) is 60.7 Å². The summed E-state index contributed by atoms with van der Waals surface area (Å²) in [5, 5.41) is 0. The van der Waals surface area contributed by atoms with E-state index in [2.05, 4.69) is 11.0 Å². The molecule has 0 atom stereocenters. The van der Waals surface area contributed by atoms with Crippen molar-refractivity contribution in [1.29, 1.82) is 0 Å². The number of fused-ring (bicyclic) bond motifs is 1. The van der Waals surface area contributed by atoms with Crippen molar-refractivity contribution in [3.05, 3.63) is 88.9 Å². The van der Waals surface area contributed by atoms with Crippen LogP contribution in [0.4, 0.5) is 5.82 Å². The second kappa shape index (κ2) is 10.7. The van der Waals surface area contributed by atoms with Crippen molar-refractivity contribution in [3.63, 3.8) is 0 Å². The number of hydrogen-bond acceptors (Lipinski definition) is 6. The highest BCUT2D eigenvalue weighted by Crippen LogP contribution is 2.29. The minimum Gasteiger partial charge on any atom is -0.496 e. The van der Waals surface area contributed by atoms with E-state index in [1.165, 1.54) is 0 Å². The van der Waals surface area contributed by atoms with Crippen LogP contribution in [0.2, 0.25) is 0 Å². The molecule has 7 heteroatoms.